The molecule has 0 spiro atoms. The van der Waals surface area contributed by atoms with Crippen molar-refractivity contribution in [2.24, 2.45) is 0 Å². The van der Waals surface area contributed by atoms with Gasteiger partial charge in [-0.3, -0.25) is 9.69 Å². The minimum atomic E-state index is -0.670. The van der Waals surface area contributed by atoms with Gasteiger partial charge in [-0.2, -0.15) is 0 Å². The first-order valence-electron chi connectivity index (χ1n) is 7.33. The first kappa shape index (κ1) is 16.4. The summed E-state index contributed by atoms with van der Waals surface area (Å²) in [6, 6.07) is 4.89. The number of esters is 1. The van der Waals surface area contributed by atoms with Crippen LogP contribution in [-0.4, -0.2) is 30.6 Å². The molecule has 0 amide bonds. The maximum atomic E-state index is 14.4. The molecule has 1 aromatic rings. The van der Waals surface area contributed by atoms with Crippen molar-refractivity contribution in [3.05, 3.63) is 34.1 Å². The maximum absolute atomic E-state index is 14.4. The van der Waals surface area contributed by atoms with Crippen molar-refractivity contribution in [2.75, 3.05) is 19.7 Å². The van der Waals surface area contributed by atoms with E-state index in [-0.39, 0.29) is 18.2 Å². The molecule has 0 aliphatic carbocycles. The second-order valence-corrected chi connectivity index (χ2v) is 6.49. The third-order valence-electron chi connectivity index (χ3n) is 4.11. The van der Waals surface area contributed by atoms with Crippen LogP contribution >= 0.6 is 15.9 Å². The van der Waals surface area contributed by atoms with Crippen molar-refractivity contribution < 1.29 is 13.9 Å². The van der Waals surface area contributed by atoms with Crippen LogP contribution in [0.2, 0.25) is 0 Å². The van der Waals surface area contributed by atoms with Gasteiger partial charge in [0.15, 0.2) is 0 Å². The number of hydrogen-bond acceptors (Lipinski definition) is 3. The third kappa shape index (κ3) is 3.64. The van der Waals surface area contributed by atoms with Crippen molar-refractivity contribution in [2.45, 2.75) is 38.6 Å². The molecule has 0 aromatic heterocycles. The number of carbonyl (C=O) groups is 1. The Morgan fingerprint density at radius 1 is 1.43 bits per heavy atom. The van der Waals surface area contributed by atoms with Gasteiger partial charge in [0.05, 0.1) is 18.6 Å². The Balaban J connectivity index is 2.39. The lowest BCUT2D eigenvalue weighted by atomic mass is 9.86. The molecular formula is C16H21BrFNO2. The molecule has 1 aromatic carbocycles. The van der Waals surface area contributed by atoms with Crippen LogP contribution in [0, 0.1) is 5.82 Å². The number of hydrogen-bond donors (Lipinski definition) is 0. The highest BCUT2D eigenvalue weighted by atomic mass is 79.9. The van der Waals surface area contributed by atoms with E-state index in [1.807, 2.05) is 6.92 Å². The molecule has 1 heterocycles. The Morgan fingerprint density at radius 3 is 2.71 bits per heavy atom. The summed E-state index contributed by atoms with van der Waals surface area (Å²) in [6.45, 7) is 5.81. The first-order chi connectivity index (χ1) is 9.97. The molecular weight excluding hydrogens is 337 g/mol. The predicted molar refractivity (Wildman–Crippen MR) is 83.5 cm³/mol. The van der Waals surface area contributed by atoms with Gasteiger partial charge in [-0.1, -0.05) is 15.9 Å². The SMILES string of the molecule is CCOC(=O)CC(C)(c1cc(Br)ccc1F)N1CCCC1. The van der Waals surface area contributed by atoms with Gasteiger partial charge in [0.1, 0.15) is 5.82 Å². The molecule has 116 valence electrons. The highest BCUT2D eigenvalue weighted by molar-refractivity contribution is 9.10. The average Bonchev–Trinajstić information content (AvgIpc) is 2.96. The summed E-state index contributed by atoms with van der Waals surface area (Å²) in [5.74, 6) is -0.567. The molecule has 1 fully saturated rings. The van der Waals surface area contributed by atoms with Gasteiger partial charge < -0.3 is 4.74 Å². The third-order valence-corrected chi connectivity index (χ3v) is 4.60. The van der Waals surface area contributed by atoms with E-state index in [4.69, 9.17) is 4.74 Å². The summed E-state index contributed by atoms with van der Waals surface area (Å²) in [5.41, 5.74) is -0.122. The van der Waals surface area contributed by atoms with Gasteiger partial charge in [0, 0.05) is 10.0 Å². The lowest BCUT2D eigenvalue weighted by Gasteiger charge is -2.39. The summed E-state index contributed by atoms with van der Waals surface area (Å²) >= 11 is 3.39. The van der Waals surface area contributed by atoms with E-state index < -0.39 is 5.54 Å². The Hall–Kier alpha value is -0.940. The van der Waals surface area contributed by atoms with Gasteiger partial charge in [-0.15, -0.1) is 0 Å². The second-order valence-electron chi connectivity index (χ2n) is 5.57. The van der Waals surface area contributed by atoms with Crippen LogP contribution in [0.3, 0.4) is 0 Å². The van der Waals surface area contributed by atoms with E-state index in [0.29, 0.717) is 12.2 Å². The highest BCUT2D eigenvalue weighted by Gasteiger charge is 2.39. The maximum Gasteiger partial charge on any atom is 0.308 e. The Bertz CT molecular complexity index is 517. The molecule has 1 unspecified atom stereocenters. The predicted octanol–water partition coefficient (Wildman–Crippen LogP) is 3.85. The first-order valence-corrected chi connectivity index (χ1v) is 8.13. The molecule has 1 aliphatic heterocycles. The van der Waals surface area contributed by atoms with Crippen molar-refractivity contribution in [3.63, 3.8) is 0 Å². The molecule has 1 aliphatic rings. The molecule has 0 N–H and O–H groups in total. The molecule has 0 radical (unpaired) electrons. The smallest absolute Gasteiger partial charge is 0.308 e. The molecule has 3 nitrogen and oxygen atoms in total. The molecule has 21 heavy (non-hydrogen) atoms. The molecule has 2 rings (SSSR count). The molecule has 1 saturated heterocycles. The fraction of sp³-hybridized carbons (Fsp3) is 0.562. The minimum absolute atomic E-state index is 0.161. The van der Waals surface area contributed by atoms with Crippen LogP contribution in [0.15, 0.2) is 22.7 Å². The van der Waals surface area contributed by atoms with Crippen LogP contribution in [0.1, 0.15) is 38.7 Å². The van der Waals surface area contributed by atoms with Gasteiger partial charge in [0.25, 0.3) is 0 Å². The molecule has 1 atom stereocenters. The molecule has 5 heteroatoms. The average molecular weight is 358 g/mol. The second kappa shape index (κ2) is 6.88. The normalized spacial score (nSPS) is 18.5. The quantitative estimate of drug-likeness (QED) is 0.749. The molecule has 0 bridgehead atoms. The largest absolute Gasteiger partial charge is 0.466 e. The number of ether oxygens (including phenoxy) is 1. The topological polar surface area (TPSA) is 29.5 Å². The molecule has 0 saturated carbocycles. The number of likely N-dealkylation sites (tertiary alicyclic amines) is 1. The monoisotopic (exact) mass is 357 g/mol. The van der Waals surface area contributed by atoms with E-state index in [1.165, 1.54) is 6.07 Å². The Morgan fingerprint density at radius 2 is 2.10 bits per heavy atom. The minimum Gasteiger partial charge on any atom is -0.466 e. The van der Waals surface area contributed by atoms with E-state index in [0.717, 1.165) is 30.4 Å². The Labute approximate surface area is 133 Å². The fourth-order valence-electron chi connectivity index (χ4n) is 2.99. The van der Waals surface area contributed by atoms with Crippen molar-refractivity contribution in [1.82, 2.24) is 4.90 Å². The zero-order valence-electron chi connectivity index (χ0n) is 12.5. The van der Waals surface area contributed by atoms with Crippen molar-refractivity contribution >= 4 is 21.9 Å². The van der Waals surface area contributed by atoms with E-state index in [9.17, 15) is 9.18 Å². The summed E-state index contributed by atoms with van der Waals surface area (Å²) in [4.78, 5) is 14.2. The fourth-order valence-corrected chi connectivity index (χ4v) is 3.35. The van der Waals surface area contributed by atoms with Crippen molar-refractivity contribution in [3.8, 4) is 0 Å². The summed E-state index contributed by atoms with van der Waals surface area (Å²) in [7, 11) is 0. The number of rotatable bonds is 5. The van der Waals surface area contributed by atoms with Gasteiger partial charge >= 0.3 is 5.97 Å². The summed E-state index contributed by atoms with van der Waals surface area (Å²) < 4.78 is 20.3. The highest BCUT2D eigenvalue weighted by Crippen LogP contribution is 2.37. The van der Waals surface area contributed by atoms with Crippen LogP contribution < -0.4 is 0 Å². The van der Waals surface area contributed by atoms with Crippen LogP contribution in [0.5, 0.6) is 0 Å². The van der Waals surface area contributed by atoms with E-state index in [1.54, 1.807) is 19.1 Å². The van der Waals surface area contributed by atoms with Crippen molar-refractivity contribution in [1.29, 1.82) is 0 Å². The van der Waals surface area contributed by atoms with Crippen LogP contribution in [0.25, 0.3) is 0 Å². The number of nitrogens with zero attached hydrogens (tertiary/aromatic N) is 1. The van der Waals surface area contributed by atoms with Crippen LogP contribution in [0.4, 0.5) is 4.39 Å². The zero-order valence-corrected chi connectivity index (χ0v) is 14.1. The van der Waals surface area contributed by atoms with Gasteiger partial charge in [-0.25, -0.2) is 4.39 Å². The standard InChI is InChI=1S/C16H21BrFNO2/c1-3-21-15(20)11-16(2,19-8-4-5-9-19)13-10-12(17)6-7-14(13)18/h6-7,10H,3-5,8-9,11H2,1-2H3. The van der Waals surface area contributed by atoms with E-state index in [2.05, 4.69) is 20.8 Å². The lowest BCUT2D eigenvalue weighted by molar-refractivity contribution is -0.146. The van der Waals surface area contributed by atoms with Gasteiger partial charge in [0.2, 0.25) is 0 Å². The number of benzene rings is 1. The lowest BCUT2D eigenvalue weighted by Crippen LogP contribution is -2.44. The zero-order chi connectivity index (χ0) is 15.5. The number of halogens is 2. The van der Waals surface area contributed by atoms with Gasteiger partial charge in [-0.05, 0) is 58.0 Å². The van der Waals surface area contributed by atoms with E-state index >= 15 is 0 Å². The van der Waals surface area contributed by atoms with Crippen LogP contribution in [-0.2, 0) is 15.1 Å². The Kier molecular flexibility index (Phi) is 5.38. The summed E-state index contributed by atoms with van der Waals surface area (Å²) in [6.07, 6.45) is 2.32. The summed E-state index contributed by atoms with van der Waals surface area (Å²) in [5, 5.41) is 0. The number of carbonyl (C=O) groups excluding carboxylic acids is 1.